The summed E-state index contributed by atoms with van der Waals surface area (Å²) in [7, 11) is -4.40. The molecule has 0 rings (SSSR count). The lowest BCUT2D eigenvalue weighted by molar-refractivity contribution is -0.161. The molecule has 0 fully saturated rings. The van der Waals surface area contributed by atoms with Crippen LogP contribution in [0.5, 0.6) is 0 Å². The highest BCUT2D eigenvalue weighted by molar-refractivity contribution is 7.47. The predicted octanol–water partition coefficient (Wildman–Crippen LogP) is 24.8. The molecule has 3 N–H and O–H groups in total. The summed E-state index contributed by atoms with van der Waals surface area (Å²) >= 11 is 0. The molecule has 0 aromatic rings. The van der Waals surface area contributed by atoms with E-state index in [1.807, 2.05) is 0 Å². The van der Waals surface area contributed by atoms with Gasteiger partial charge in [-0.3, -0.25) is 18.6 Å². The Kier molecular flexibility index (Phi) is 70.4. The molecule has 9 nitrogen and oxygen atoms in total. The lowest BCUT2D eigenvalue weighted by Crippen LogP contribution is -2.29. The van der Waals surface area contributed by atoms with Gasteiger partial charge in [0.25, 0.3) is 0 Å². The van der Waals surface area contributed by atoms with Gasteiger partial charge in [-0.1, -0.05) is 344 Å². The first kappa shape index (κ1) is 84.5. The zero-order valence-electron chi connectivity index (χ0n) is 57.3. The number of phosphoric acid groups is 1. The van der Waals surface area contributed by atoms with Gasteiger partial charge in [0.05, 0.1) is 13.2 Å². The molecule has 508 valence electrons. The van der Waals surface area contributed by atoms with E-state index in [9.17, 15) is 19.0 Å². The van der Waals surface area contributed by atoms with Crippen LogP contribution >= 0.6 is 7.82 Å². The van der Waals surface area contributed by atoms with E-state index < -0.39 is 26.5 Å². The summed E-state index contributed by atoms with van der Waals surface area (Å²) < 4.78 is 33.2. The first-order chi connectivity index (χ1) is 42.8. The van der Waals surface area contributed by atoms with Gasteiger partial charge in [0.1, 0.15) is 6.61 Å². The Bertz CT molecular complexity index is 1660. The fourth-order valence-corrected chi connectivity index (χ4v) is 11.8. The number of carbonyl (C=O) groups is 2. The zero-order valence-corrected chi connectivity index (χ0v) is 58.2. The molecule has 0 amide bonds. The van der Waals surface area contributed by atoms with E-state index in [4.69, 9.17) is 24.3 Å². The van der Waals surface area contributed by atoms with Crippen molar-refractivity contribution in [2.75, 3.05) is 26.4 Å². The Morgan fingerprint density at radius 1 is 0.345 bits per heavy atom. The smallest absolute Gasteiger partial charge is 0.462 e. The highest BCUT2D eigenvalue weighted by Gasteiger charge is 2.26. The number of hydrogen-bond donors (Lipinski definition) is 2. The minimum Gasteiger partial charge on any atom is -0.462 e. The van der Waals surface area contributed by atoms with Gasteiger partial charge >= 0.3 is 19.8 Å². The van der Waals surface area contributed by atoms with E-state index in [0.29, 0.717) is 6.42 Å². The van der Waals surface area contributed by atoms with E-state index in [0.717, 1.165) is 57.8 Å². The van der Waals surface area contributed by atoms with E-state index >= 15 is 0 Å². The number of nitrogens with two attached hydrogens (primary N) is 1. The summed E-state index contributed by atoms with van der Waals surface area (Å²) in [6, 6.07) is 0. The van der Waals surface area contributed by atoms with Gasteiger partial charge in [-0.25, -0.2) is 4.57 Å². The molecule has 0 saturated carbocycles. The highest BCUT2D eigenvalue weighted by Crippen LogP contribution is 2.43. The number of phosphoric ester groups is 1. The molecule has 0 aromatic heterocycles. The molecule has 87 heavy (non-hydrogen) atoms. The molecule has 0 aliphatic heterocycles. The number of ether oxygens (including phenoxy) is 2. The van der Waals surface area contributed by atoms with Crippen molar-refractivity contribution in [1.82, 2.24) is 0 Å². The largest absolute Gasteiger partial charge is 0.472 e. The number of allylic oxidation sites excluding steroid dienone is 12. The van der Waals surface area contributed by atoms with E-state index in [2.05, 4.69) is 86.8 Å². The Labute approximate surface area is 539 Å². The SMILES string of the molecule is CCCCCCC/C=C\C/C=C\C/C=C\CCCCCCCCCCCCCCCCCCCCC(=O)OCC(COP(=O)(O)OCCN)OC(=O)CCCCCCCCCCCCCCCCCCCC/C=C\C/C=C\C/C=C\CCCCCCC. The van der Waals surface area contributed by atoms with Crippen molar-refractivity contribution in [3.05, 3.63) is 72.9 Å². The summed E-state index contributed by atoms with van der Waals surface area (Å²) in [6.07, 6.45) is 95.8. The van der Waals surface area contributed by atoms with Crippen LogP contribution < -0.4 is 5.73 Å². The van der Waals surface area contributed by atoms with Gasteiger partial charge in [-0.2, -0.15) is 0 Å². The molecule has 2 atom stereocenters. The van der Waals surface area contributed by atoms with Gasteiger partial charge in [-0.15, -0.1) is 0 Å². The third-order valence-electron chi connectivity index (χ3n) is 16.6. The molecule has 10 heteroatoms. The molecule has 0 radical (unpaired) electrons. The van der Waals surface area contributed by atoms with Crippen LogP contribution in [-0.2, 0) is 32.7 Å². The van der Waals surface area contributed by atoms with Crippen LogP contribution in [0.25, 0.3) is 0 Å². The predicted molar refractivity (Wildman–Crippen MR) is 376 cm³/mol. The average molecular weight is 1240 g/mol. The third kappa shape index (κ3) is 72.4. The van der Waals surface area contributed by atoms with Gasteiger partial charge in [0.2, 0.25) is 0 Å². The molecule has 0 aliphatic rings. The Balaban J connectivity index is 3.82. The standard InChI is InChI=1S/C77H142NO8P/c1-3-5-7-9-11-13-15-17-19-21-23-25-27-29-31-33-35-37-39-41-43-45-47-49-51-53-55-57-59-61-63-65-67-69-76(79)83-73-75(74-85-87(81,82)84-72-71-78)86-77(80)70-68-66-64-62-60-58-56-54-52-50-48-46-44-42-40-38-36-34-32-30-28-26-24-22-20-18-16-14-12-10-8-6-4-2/h15-18,21-24,27-30,75H,3-14,19-20,25-26,31-74,78H2,1-2H3,(H,81,82)/b17-15-,18-16-,23-21-,24-22-,29-27-,30-28-. The van der Waals surface area contributed by atoms with Gasteiger partial charge in [0, 0.05) is 19.4 Å². The van der Waals surface area contributed by atoms with Crippen LogP contribution in [0.2, 0.25) is 0 Å². The van der Waals surface area contributed by atoms with E-state index in [-0.39, 0.29) is 38.6 Å². The Hall–Kier alpha value is -2.55. The Morgan fingerprint density at radius 2 is 0.598 bits per heavy atom. The molecule has 0 bridgehead atoms. The number of carbonyl (C=O) groups excluding carboxylic acids is 2. The topological polar surface area (TPSA) is 134 Å². The fourth-order valence-electron chi connectivity index (χ4n) is 11.0. The molecular weight excluding hydrogens is 1100 g/mol. The lowest BCUT2D eigenvalue weighted by Gasteiger charge is -2.19. The molecular formula is C77H142NO8P. The van der Waals surface area contributed by atoms with Crippen molar-refractivity contribution >= 4 is 19.8 Å². The normalized spacial score (nSPS) is 13.3. The van der Waals surface area contributed by atoms with Crippen LogP contribution in [0.15, 0.2) is 72.9 Å². The molecule has 0 saturated heterocycles. The van der Waals surface area contributed by atoms with Crippen LogP contribution in [0.4, 0.5) is 0 Å². The number of hydrogen-bond acceptors (Lipinski definition) is 8. The first-order valence-electron chi connectivity index (χ1n) is 37.4. The van der Waals surface area contributed by atoms with Crippen LogP contribution in [-0.4, -0.2) is 49.3 Å². The van der Waals surface area contributed by atoms with E-state index in [1.165, 1.54) is 283 Å². The molecule has 0 aromatic carbocycles. The van der Waals surface area contributed by atoms with Crippen molar-refractivity contribution in [2.24, 2.45) is 5.73 Å². The second-order valence-electron chi connectivity index (χ2n) is 25.2. The van der Waals surface area contributed by atoms with Crippen molar-refractivity contribution in [1.29, 1.82) is 0 Å². The van der Waals surface area contributed by atoms with Crippen molar-refractivity contribution in [3.8, 4) is 0 Å². The van der Waals surface area contributed by atoms with Crippen molar-refractivity contribution in [2.45, 2.75) is 380 Å². The average Bonchev–Trinajstić information content (AvgIpc) is 3.55. The highest BCUT2D eigenvalue weighted by atomic mass is 31.2. The summed E-state index contributed by atoms with van der Waals surface area (Å²) in [5, 5.41) is 0. The molecule has 0 heterocycles. The maximum atomic E-state index is 12.8. The van der Waals surface area contributed by atoms with Gasteiger partial charge < -0.3 is 20.1 Å². The van der Waals surface area contributed by atoms with Crippen LogP contribution in [0, 0.1) is 0 Å². The summed E-state index contributed by atoms with van der Waals surface area (Å²) in [5.74, 6) is -0.810. The quantitative estimate of drug-likeness (QED) is 0.0264. The maximum Gasteiger partial charge on any atom is 0.472 e. The summed E-state index contributed by atoms with van der Waals surface area (Å²) in [6.45, 7) is 3.78. The number of rotatable bonds is 71. The monoisotopic (exact) mass is 1240 g/mol. The van der Waals surface area contributed by atoms with Crippen molar-refractivity contribution in [3.63, 3.8) is 0 Å². The summed E-state index contributed by atoms with van der Waals surface area (Å²) in [5.41, 5.74) is 5.41. The summed E-state index contributed by atoms with van der Waals surface area (Å²) in [4.78, 5) is 35.4. The molecule has 0 aliphatic carbocycles. The van der Waals surface area contributed by atoms with Crippen molar-refractivity contribution < 1.29 is 37.6 Å². The molecule has 0 spiro atoms. The minimum absolute atomic E-state index is 0.0537. The zero-order chi connectivity index (χ0) is 63.0. The Morgan fingerprint density at radius 3 is 0.885 bits per heavy atom. The lowest BCUT2D eigenvalue weighted by atomic mass is 10.0. The molecule has 2 unspecified atom stereocenters. The van der Waals surface area contributed by atoms with E-state index in [1.54, 1.807) is 0 Å². The van der Waals surface area contributed by atoms with Crippen LogP contribution in [0.1, 0.15) is 373 Å². The number of unbranched alkanes of at least 4 members (excludes halogenated alkanes) is 46. The second kappa shape index (κ2) is 72.5. The maximum absolute atomic E-state index is 12.8. The van der Waals surface area contributed by atoms with Gasteiger partial charge in [-0.05, 0) is 89.9 Å². The third-order valence-corrected chi connectivity index (χ3v) is 17.5. The minimum atomic E-state index is -4.40. The fraction of sp³-hybridized carbons (Fsp3) is 0.818. The van der Waals surface area contributed by atoms with Crippen LogP contribution in [0.3, 0.4) is 0 Å². The second-order valence-corrected chi connectivity index (χ2v) is 26.6. The van der Waals surface area contributed by atoms with Gasteiger partial charge in [0.15, 0.2) is 6.10 Å². The number of esters is 2. The first-order valence-corrected chi connectivity index (χ1v) is 38.9.